The summed E-state index contributed by atoms with van der Waals surface area (Å²) in [5, 5.41) is 21.3. The van der Waals surface area contributed by atoms with Crippen LogP contribution in [0.4, 0.5) is 5.69 Å². The first-order chi connectivity index (χ1) is 12.9. The van der Waals surface area contributed by atoms with Crippen LogP contribution in [0.25, 0.3) is 0 Å². The van der Waals surface area contributed by atoms with E-state index in [1.807, 2.05) is 6.07 Å². The Kier molecular flexibility index (Phi) is 5.44. The van der Waals surface area contributed by atoms with Crippen molar-refractivity contribution < 1.29 is 18.3 Å². The maximum absolute atomic E-state index is 12.7. The Hall–Kier alpha value is -2.89. The van der Waals surface area contributed by atoms with Crippen molar-refractivity contribution in [2.45, 2.75) is 17.7 Å². The van der Waals surface area contributed by atoms with Crippen LogP contribution >= 0.6 is 0 Å². The summed E-state index contributed by atoms with van der Waals surface area (Å²) < 4.78 is 26.8. The molecule has 2 aromatic carbocycles. The van der Waals surface area contributed by atoms with Gasteiger partial charge >= 0.3 is 0 Å². The molecule has 1 aliphatic rings. The second-order valence-electron chi connectivity index (χ2n) is 6.32. The van der Waals surface area contributed by atoms with Crippen molar-refractivity contribution in [1.82, 2.24) is 4.31 Å². The van der Waals surface area contributed by atoms with Crippen LogP contribution in [0.5, 0.6) is 5.75 Å². The van der Waals surface area contributed by atoms with E-state index in [1.54, 1.807) is 18.2 Å². The van der Waals surface area contributed by atoms with Gasteiger partial charge < -0.3 is 10.4 Å². The van der Waals surface area contributed by atoms with Crippen molar-refractivity contribution in [3.8, 4) is 11.8 Å². The Balaban J connectivity index is 1.63. The third-order valence-corrected chi connectivity index (χ3v) is 6.52. The Bertz CT molecular complexity index is 973. The summed E-state index contributed by atoms with van der Waals surface area (Å²) in [7, 11) is -3.65. The van der Waals surface area contributed by atoms with Crippen molar-refractivity contribution in [2.24, 2.45) is 5.92 Å². The number of benzene rings is 2. The van der Waals surface area contributed by atoms with Gasteiger partial charge in [0.05, 0.1) is 22.2 Å². The minimum Gasteiger partial charge on any atom is -0.506 e. The van der Waals surface area contributed by atoms with Gasteiger partial charge in [-0.05, 0) is 49.2 Å². The molecule has 0 spiro atoms. The number of phenolic OH excluding ortho intramolecular Hbond substituents is 1. The van der Waals surface area contributed by atoms with Crippen LogP contribution in [-0.4, -0.2) is 36.8 Å². The number of piperidine rings is 1. The van der Waals surface area contributed by atoms with Crippen molar-refractivity contribution >= 4 is 21.6 Å². The minimum atomic E-state index is -3.65. The molecule has 0 saturated carbocycles. The Morgan fingerprint density at radius 2 is 1.74 bits per heavy atom. The van der Waals surface area contributed by atoms with E-state index < -0.39 is 10.0 Å². The number of nitrogens with one attached hydrogen (secondary N) is 1. The highest BCUT2D eigenvalue weighted by Crippen LogP contribution is 2.27. The van der Waals surface area contributed by atoms with Crippen LogP contribution in [0.15, 0.2) is 53.4 Å². The standard InChI is InChI=1S/C19H19N3O4S/c20-13-14-5-7-16(8-6-14)27(25,26)22-11-9-15(10-12-22)19(24)21-17-3-1-2-4-18(17)23/h1-8,15,23H,9-12H2,(H,21,24). The van der Waals surface area contributed by atoms with Crippen molar-refractivity contribution in [3.63, 3.8) is 0 Å². The zero-order valence-corrected chi connectivity index (χ0v) is 15.3. The average Bonchev–Trinajstić information content (AvgIpc) is 2.70. The molecule has 1 saturated heterocycles. The third kappa shape index (κ3) is 4.10. The monoisotopic (exact) mass is 385 g/mol. The topological polar surface area (TPSA) is 111 Å². The number of rotatable bonds is 4. The van der Waals surface area contributed by atoms with E-state index in [0.717, 1.165) is 0 Å². The largest absolute Gasteiger partial charge is 0.506 e. The first kappa shape index (κ1) is 18.9. The molecule has 0 aromatic heterocycles. The molecule has 7 nitrogen and oxygen atoms in total. The quantitative estimate of drug-likeness (QED) is 0.785. The SMILES string of the molecule is N#Cc1ccc(S(=O)(=O)N2CCC(C(=O)Nc3ccccc3O)CC2)cc1. The second kappa shape index (κ2) is 7.78. The molecule has 1 heterocycles. The molecule has 1 fully saturated rings. The number of hydrogen-bond acceptors (Lipinski definition) is 5. The summed E-state index contributed by atoms with van der Waals surface area (Å²) in [6, 6.07) is 14.2. The lowest BCUT2D eigenvalue weighted by atomic mass is 9.97. The first-order valence-electron chi connectivity index (χ1n) is 8.51. The van der Waals surface area contributed by atoms with Crippen LogP contribution in [0.2, 0.25) is 0 Å². The maximum atomic E-state index is 12.7. The fourth-order valence-corrected chi connectivity index (χ4v) is 4.49. The lowest BCUT2D eigenvalue weighted by Crippen LogP contribution is -2.41. The molecule has 140 valence electrons. The van der Waals surface area contributed by atoms with Crippen molar-refractivity contribution in [3.05, 3.63) is 54.1 Å². The number of phenols is 1. The Morgan fingerprint density at radius 3 is 2.33 bits per heavy atom. The number of aromatic hydroxyl groups is 1. The second-order valence-corrected chi connectivity index (χ2v) is 8.26. The summed E-state index contributed by atoms with van der Waals surface area (Å²) >= 11 is 0. The number of carbonyl (C=O) groups is 1. The van der Waals surface area contributed by atoms with Gasteiger partial charge in [-0.15, -0.1) is 0 Å². The van der Waals surface area contributed by atoms with E-state index in [0.29, 0.717) is 24.1 Å². The van der Waals surface area contributed by atoms with Gasteiger partial charge in [0.1, 0.15) is 5.75 Å². The van der Waals surface area contributed by atoms with E-state index in [1.165, 1.54) is 34.6 Å². The third-order valence-electron chi connectivity index (χ3n) is 4.61. The predicted molar refractivity (Wildman–Crippen MR) is 99.4 cm³/mol. The van der Waals surface area contributed by atoms with Gasteiger partial charge in [0, 0.05) is 19.0 Å². The van der Waals surface area contributed by atoms with E-state index >= 15 is 0 Å². The Morgan fingerprint density at radius 1 is 1.11 bits per heavy atom. The smallest absolute Gasteiger partial charge is 0.243 e. The van der Waals surface area contributed by atoms with Crippen molar-refractivity contribution in [2.75, 3.05) is 18.4 Å². The lowest BCUT2D eigenvalue weighted by Gasteiger charge is -2.30. The van der Waals surface area contributed by atoms with E-state index in [9.17, 15) is 18.3 Å². The zero-order valence-electron chi connectivity index (χ0n) is 14.5. The molecule has 3 rings (SSSR count). The molecule has 0 atom stereocenters. The fraction of sp³-hybridized carbons (Fsp3) is 0.263. The molecule has 1 aliphatic heterocycles. The van der Waals surface area contributed by atoms with Crippen LogP contribution in [0.3, 0.4) is 0 Å². The molecule has 2 aromatic rings. The van der Waals surface area contributed by atoms with Gasteiger partial charge in [0.15, 0.2) is 0 Å². The molecule has 27 heavy (non-hydrogen) atoms. The zero-order chi connectivity index (χ0) is 19.4. The number of amides is 1. The first-order valence-corrected chi connectivity index (χ1v) is 9.95. The van der Waals surface area contributed by atoms with Gasteiger partial charge in [-0.2, -0.15) is 9.57 Å². The van der Waals surface area contributed by atoms with E-state index in [2.05, 4.69) is 5.32 Å². The molecule has 8 heteroatoms. The van der Waals surface area contributed by atoms with Gasteiger partial charge in [0.2, 0.25) is 15.9 Å². The molecule has 2 N–H and O–H groups in total. The van der Waals surface area contributed by atoms with Crippen LogP contribution in [0, 0.1) is 17.2 Å². The molecule has 1 amide bonds. The van der Waals surface area contributed by atoms with Crippen LogP contribution in [0.1, 0.15) is 18.4 Å². The van der Waals surface area contributed by atoms with Crippen molar-refractivity contribution in [1.29, 1.82) is 5.26 Å². The number of carbonyl (C=O) groups excluding carboxylic acids is 1. The average molecular weight is 385 g/mol. The highest BCUT2D eigenvalue weighted by atomic mass is 32.2. The summed E-state index contributed by atoms with van der Waals surface area (Å²) in [5.74, 6) is -0.560. The minimum absolute atomic E-state index is 0.00770. The number of nitrogens with zero attached hydrogens (tertiary/aromatic N) is 2. The fourth-order valence-electron chi connectivity index (χ4n) is 3.02. The van der Waals surface area contributed by atoms with Gasteiger partial charge in [-0.3, -0.25) is 4.79 Å². The predicted octanol–water partition coefficient (Wildman–Crippen LogP) is 2.30. The summed E-state index contributed by atoms with van der Waals surface area (Å²) in [4.78, 5) is 12.5. The molecular formula is C19H19N3O4S. The molecule has 0 unspecified atom stereocenters. The molecule has 0 radical (unpaired) electrons. The van der Waals surface area contributed by atoms with Gasteiger partial charge in [0.25, 0.3) is 0 Å². The van der Waals surface area contributed by atoms with E-state index in [4.69, 9.17) is 5.26 Å². The highest BCUT2D eigenvalue weighted by Gasteiger charge is 2.32. The van der Waals surface area contributed by atoms with E-state index in [-0.39, 0.29) is 35.6 Å². The number of para-hydroxylation sites is 2. The van der Waals surface area contributed by atoms with Gasteiger partial charge in [-0.1, -0.05) is 12.1 Å². The maximum Gasteiger partial charge on any atom is 0.243 e. The van der Waals surface area contributed by atoms with Crippen LogP contribution < -0.4 is 5.32 Å². The number of nitriles is 1. The summed E-state index contributed by atoms with van der Waals surface area (Å²) in [6.07, 6.45) is 0.796. The van der Waals surface area contributed by atoms with Gasteiger partial charge in [-0.25, -0.2) is 8.42 Å². The number of sulfonamides is 1. The number of anilines is 1. The summed E-state index contributed by atoms with van der Waals surface area (Å²) in [6.45, 7) is 0.475. The number of hydrogen-bond donors (Lipinski definition) is 2. The van der Waals surface area contributed by atoms with Crippen LogP contribution in [-0.2, 0) is 14.8 Å². The molecular weight excluding hydrogens is 366 g/mol. The molecule has 0 bridgehead atoms. The summed E-state index contributed by atoms with van der Waals surface area (Å²) in [5.41, 5.74) is 0.739. The lowest BCUT2D eigenvalue weighted by molar-refractivity contribution is -0.120. The molecule has 0 aliphatic carbocycles. The highest BCUT2D eigenvalue weighted by molar-refractivity contribution is 7.89. The normalized spacial score (nSPS) is 15.8. The Labute approximate surface area is 157 Å².